The predicted octanol–water partition coefficient (Wildman–Crippen LogP) is 5.83. The molecule has 0 amide bonds. The van der Waals surface area contributed by atoms with Crippen LogP contribution in [-0.2, 0) is 0 Å². The summed E-state index contributed by atoms with van der Waals surface area (Å²) in [6, 6.07) is 0. The van der Waals surface area contributed by atoms with Crippen molar-refractivity contribution in [2.45, 2.75) is 77.6 Å². The van der Waals surface area contributed by atoms with Crippen molar-refractivity contribution in [2.75, 3.05) is 28.2 Å². The first kappa shape index (κ1) is 22.8. The van der Waals surface area contributed by atoms with Gasteiger partial charge in [-0.25, -0.2) is 9.98 Å². The highest BCUT2D eigenvalue weighted by molar-refractivity contribution is 5.77. The molecule has 0 aliphatic carbocycles. The molecule has 4 heteroatoms. The van der Waals surface area contributed by atoms with E-state index in [2.05, 4.69) is 51.3 Å². The highest BCUT2D eigenvalue weighted by Crippen LogP contribution is 2.16. The fourth-order valence-corrected chi connectivity index (χ4v) is 3.10. The minimum atomic E-state index is 0.778. The van der Waals surface area contributed by atoms with E-state index in [4.69, 9.17) is 0 Å². The molecule has 0 saturated heterocycles. The van der Waals surface area contributed by atoms with Gasteiger partial charge in [0.05, 0.1) is 40.6 Å². The zero-order chi connectivity index (χ0) is 19.3. The molecule has 2 aliphatic rings. The average molecular weight is 363 g/mol. The summed E-state index contributed by atoms with van der Waals surface area (Å²) in [6.07, 6.45) is 25.0. The third-order valence-corrected chi connectivity index (χ3v) is 4.98. The van der Waals surface area contributed by atoms with E-state index < -0.39 is 0 Å². The van der Waals surface area contributed by atoms with Crippen LogP contribution in [0.4, 0.5) is 0 Å². The van der Waals surface area contributed by atoms with E-state index in [9.17, 15) is 0 Å². The first-order valence-corrected chi connectivity index (χ1v) is 10.5. The number of amidine groups is 1. The van der Waals surface area contributed by atoms with Gasteiger partial charge >= 0.3 is 0 Å². The smallest absolute Gasteiger partial charge is 0.207 e. The molecule has 2 rings (SSSR count). The Balaban J connectivity index is 0.000000401. The van der Waals surface area contributed by atoms with E-state index in [1.54, 1.807) is 6.20 Å². The van der Waals surface area contributed by atoms with Crippen molar-refractivity contribution in [1.29, 1.82) is 0 Å². The van der Waals surface area contributed by atoms with Gasteiger partial charge in [0, 0.05) is 6.42 Å². The highest BCUT2D eigenvalue weighted by atomic mass is 15.4. The Hall–Kier alpha value is -1.26. The maximum Gasteiger partial charge on any atom is 0.207 e. The molecule has 0 aromatic rings. The molecule has 0 spiro atoms. The van der Waals surface area contributed by atoms with Crippen LogP contribution in [0.2, 0.25) is 0 Å². The van der Waals surface area contributed by atoms with Gasteiger partial charge in [-0.3, -0.25) is 8.97 Å². The molecule has 2 aliphatic heterocycles. The largest absolute Gasteiger partial charge is 0.258 e. The summed E-state index contributed by atoms with van der Waals surface area (Å²) in [6.45, 7) is 2.28. The van der Waals surface area contributed by atoms with Crippen LogP contribution in [0, 0.1) is 0 Å². The quantitative estimate of drug-likeness (QED) is 0.326. The van der Waals surface area contributed by atoms with Crippen LogP contribution in [0.1, 0.15) is 77.6 Å². The molecule has 148 valence electrons. The molecule has 0 fully saturated rings. The standard InChI is InChI=1S/C17H33N2.C5H9N2/c1-4-5-6-7-8-9-10-11-12-13-14-17-18-15-16-19(17,2)3;1-7(2)4-3-6-5-7/h15-16H,4-14H2,1-3H3;3-5H,1-2H3/q2*+1. The number of aliphatic imine (C=N–C) groups is 2. The van der Waals surface area contributed by atoms with Crippen LogP contribution in [0.3, 0.4) is 0 Å². The summed E-state index contributed by atoms with van der Waals surface area (Å²) in [7, 11) is 8.54. The Labute approximate surface area is 162 Å². The number of unbranched alkanes of at least 4 members (excludes halogenated alkanes) is 9. The van der Waals surface area contributed by atoms with Gasteiger partial charge < -0.3 is 0 Å². The van der Waals surface area contributed by atoms with Crippen LogP contribution in [0.25, 0.3) is 0 Å². The molecule has 0 radical (unpaired) electrons. The van der Waals surface area contributed by atoms with Gasteiger partial charge in [0.1, 0.15) is 12.4 Å². The van der Waals surface area contributed by atoms with Crippen molar-refractivity contribution < 1.29 is 8.97 Å². The number of hydrogen-bond acceptors (Lipinski definition) is 2. The van der Waals surface area contributed by atoms with Crippen molar-refractivity contribution in [3.8, 4) is 0 Å². The van der Waals surface area contributed by atoms with Gasteiger partial charge in [0.15, 0.2) is 6.34 Å². The third kappa shape index (κ3) is 10.0. The molecule has 2 heterocycles. The maximum absolute atomic E-state index is 4.47. The molecule has 0 unspecified atom stereocenters. The molecule has 0 aromatic carbocycles. The maximum atomic E-state index is 4.47. The third-order valence-electron chi connectivity index (χ3n) is 4.98. The van der Waals surface area contributed by atoms with Gasteiger partial charge in [-0.2, -0.15) is 0 Å². The van der Waals surface area contributed by atoms with Crippen molar-refractivity contribution in [1.82, 2.24) is 0 Å². The van der Waals surface area contributed by atoms with Crippen molar-refractivity contribution in [3.63, 3.8) is 0 Å². The van der Waals surface area contributed by atoms with Crippen molar-refractivity contribution in [2.24, 2.45) is 9.98 Å². The molecule has 0 saturated carbocycles. The van der Waals surface area contributed by atoms with Gasteiger partial charge in [-0.05, 0) is 6.42 Å². The topological polar surface area (TPSA) is 24.7 Å². The average Bonchev–Trinajstić information content (AvgIpc) is 3.14. The van der Waals surface area contributed by atoms with Gasteiger partial charge in [-0.1, -0.05) is 64.7 Å². The molecule has 0 bridgehead atoms. The Bertz CT molecular complexity index is 484. The normalized spacial score (nSPS) is 18.7. The number of quaternary nitrogens is 2. The Morgan fingerprint density at radius 3 is 1.69 bits per heavy atom. The summed E-state index contributed by atoms with van der Waals surface area (Å²) >= 11 is 0. The van der Waals surface area contributed by atoms with Crippen LogP contribution >= 0.6 is 0 Å². The lowest BCUT2D eigenvalue weighted by atomic mass is 10.1. The van der Waals surface area contributed by atoms with Crippen molar-refractivity contribution >= 4 is 12.2 Å². The van der Waals surface area contributed by atoms with Gasteiger partial charge in [0.2, 0.25) is 5.84 Å². The summed E-state index contributed by atoms with van der Waals surface area (Å²) in [5.74, 6) is 1.32. The number of nitrogens with zero attached hydrogens (tertiary/aromatic N) is 4. The fraction of sp³-hybridized carbons (Fsp3) is 0.727. The molecular weight excluding hydrogens is 320 g/mol. The van der Waals surface area contributed by atoms with E-state index in [-0.39, 0.29) is 0 Å². The molecule has 0 N–H and O–H groups in total. The monoisotopic (exact) mass is 362 g/mol. The van der Waals surface area contributed by atoms with E-state index in [0.29, 0.717) is 0 Å². The Kier molecular flexibility index (Phi) is 10.7. The lowest BCUT2D eigenvalue weighted by Gasteiger charge is -2.21. The van der Waals surface area contributed by atoms with Crippen LogP contribution in [0.15, 0.2) is 34.8 Å². The Morgan fingerprint density at radius 1 is 0.731 bits per heavy atom. The van der Waals surface area contributed by atoms with E-state index in [1.807, 2.05) is 18.7 Å². The lowest BCUT2D eigenvalue weighted by Crippen LogP contribution is -2.37. The van der Waals surface area contributed by atoms with Gasteiger partial charge in [-0.15, -0.1) is 0 Å². The molecule has 4 nitrogen and oxygen atoms in total. The SMILES string of the molecule is CCCCCCCCCCCCC1=NC=C[N+]1(C)C.C[N+]1(C)C=CN=C1. The second-order valence-corrected chi connectivity index (χ2v) is 8.51. The van der Waals surface area contributed by atoms with Crippen LogP contribution in [-0.4, -0.2) is 49.3 Å². The second-order valence-electron chi connectivity index (χ2n) is 8.51. The molecule has 0 atom stereocenters. The number of rotatable bonds is 11. The minimum absolute atomic E-state index is 0.778. The van der Waals surface area contributed by atoms with E-state index in [1.165, 1.54) is 70.0 Å². The summed E-state index contributed by atoms with van der Waals surface area (Å²) < 4.78 is 1.64. The highest BCUT2D eigenvalue weighted by Gasteiger charge is 2.23. The van der Waals surface area contributed by atoms with E-state index in [0.717, 1.165) is 15.4 Å². The molecular formula is C22H42N4+2. The first-order chi connectivity index (χ1) is 12.4. The number of hydrogen-bond donors (Lipinski definition) is 0. The molecule has 26 heavy (non-hydrogen) atoms. The van der Waals surface area contributed by atoms with Crippen LogP contribution in [0.5, 0.6) is 0 Å². The predicted molar refractivity (Wildman–Crippen MR) is 115 cm³/mol. The second kappa shape index (κ2) is 12.2. The summed E-state index contributed by atoms with van der Waals surface area (Å²) in [5.41, 5.74) is 0. The fourth-order valence-electron chi connectivity index (χ4n) is 3.10. The van der Waals surface area contributed by atoms with E-state index >= 15 is 0 Å². The Morgan fingerprint density at radius 2 is 1.31 bits per heavy atom. The minimum Gasteiger partial charge on any atom is -0.258 e. The zero-order valence-corrected chi connectivity index (χ0v) is 18.0. The summed E-state index contributed by atoms with van der Waals surface area (Å²) in [4.78, 5) is 8.38. The molecule has 0 aromatic heterocycles. The van der Waals surface area contributed by atoms with Crippen molar-refractivity contribution in [3.05, 3.63) is 24.8 Å². The first-order valence-electron chi connectivity index (χ1n) is 10.5. The summed E-state index contributed by atoms with van der Waals surface area (Å²) in [5, 5.41) is 0. The lowest BCUT2D eigenvalue weighted by molar-refractivity contribution is -0.741. The van der Waals surface area contributed by atoms with Crippen LogP contribution < -0.4 is 0 Å². The van der Waals surface area contributed by atoms with Gasteiger partial charge in [0.25, 0.3) is 0 Å². The zero-order valence-electron chi connectivity index (χ0n) is 18.0.